The molecule has 0 unspecified atom stereocenters. The summed E-state index contributed by atoms with van der Waals surface area (Å²) < 4.78 is 51.6. The minimum atomic E-state index is -1.34. The van der Waals surface area contributed by atoms with E-state index in [1.807, 2.05) is 6.08 Å². The summed E-state index contributed by atoms with van der Waals surface area (Å²) in [5, 5.41) is 7.25. The van der Waals surface area contributed by atoms with Crippen LogP contribution in [0.1, 0.15) is 11.3 Å². The Morgan fingerprint density at radius 2 is 2.10 bits per heavy atom. The van der Waals surface area contributed by atoms with Crippen LogP contribution in [0.15, 0.2) is 29.4 Å². The zero-order valence-corrected chi connectivity index (χ0v) is 16.6. The molecule has 1 N–H and O–H groups in total. The van der Waals surface area contributed by atoms with Gasteiger partial charge in [-0.15, -0.1) is 0 Å². The Morgan fingerprint density at radius 3 is 2.84 bits per heavy atom. The molecule has 11 heteroatoms. The van der Waals surface area contributed by atoms with Crippen molar-refractivity contribution < 1.29 is 22.7 Å². The van der Waals surface area contributed by atoms with E-state index in [1.54, 1.807) is 24.0 Å². The van der Waals surface area contributed by atoms with Gasteiger partial charge in [-0.2, -0.15) is 5.10 Å². The summed E-state index contributed by atoms with van der Waals surface area (Å²) in [5.41, 5.74) is 0.552. The number of cyclic esters (lactones) is 1. The second kappa shape index (κ2) is 7.33. The number of hydrogen-bond donors (Lipinski definition) is 1. The first kappa shape index (κ1) is 19.5. The van der Waals surface area contributed by atoms with Gasteiger partial charge in [0.2, 0.25) is 0 Å². The fraction of sp³-hybridized carbons (Fsp3) is 0.350. The molecule has 0 aliphatic carbocycles. The monoisotopic (exact) mass is 432 g/mol. The number of aliphatic imine (C=N–C) groups is 1. The minimum absolute atomic E-state index is 0.0439. The smallest absolute Gasteiger partial charge is 0.414 e. The van der Waals surface area contributed by atoms with Crippen molar-refractivity contribution in [3.8, 4) is 0 Å². The molecule has 1 amide bonds. The van der Waals surface area contributed by atoms with Gasteiger partial charge < -0.3 is 15.0 Å². The average Bonchev–Trinajstić information content (AvgIpc) is 3.48. The van der Waals surface area contributed by atoms with Crippen molar-refractivity contribution in [3.63, 3.8) is 0 Å². The van der Waals surface area contributed by atoms with Gasteiger partial charge in [0, 0.05) is 31.4 Å². The number of rotatable bonds is 4. The largest absolute Gasteiger partial charge is 0.442 e. The van der Waals surface area contributed by atoms with Gasteiger partial charge in [0.05, 0.1) is 37.6 Å². The highest BCUT2D eigenvalue weighted by Crippen LogP contribution is 2.37. The molecule has 1 atom stereocenters. The van der Waals surface area contributed by atoms with Gasteiger partial charge in [-0.25, -0.2) is 18.0 Å². The number of carbonyl (C=O) groups excluding carboxylic acids is 1. The summed E-state index contributed by atoms with van der Waals surface area (Å²) in [6, 6.07) is 0.838. The Hall–Kier alpha value is -3.50. The maximum absolute atomic E-state index is 14.9. The quantitative estimate of drug-likeness (QED) is 0.751. The summed E-state index contributed by atoms with van der Waals surface area (Å²) in [5.74, 6) is -2.94. The zero-order valence-electron chi connectivity index (χ0n) is 16.6. The lowest BCUT2D eigenvalue weighted by Crippen LogP contribution is -2.33. The van der Waals surface area contributed by atoms with Gasteiger partial charge in [0.1, 0.15) is 17.6 Å². The first-order valence-corrected chi connectivity index (χ1v) is 9.77. The Bertz CT molecular complexity index is 1110. The normalized spacial score (nSPS) is 19.8. The van der Waals surface area contributed by atoms with E-state index < -0.39 is 41.0 Å². The van der Waals surface area contributed by atoms with Gasteiger partial charge in [-0.3, -0.25) is 14.6 Å². The molecule has 5 rings (SSSR count). The molecule has 8 nitrogen and oxygen atoms in total. The Labute approximate surface area is 175 Å². The maximum atomic E-state index is 14.9. The molecule has 0 spiro atoms. The highest BCUT2D eigenvalue weighted by atomic mass is 19.2. The number of amidine groups is 1. The molecule has 31 heavy (non-hydrogen) atoms. The van der Waals surface area contributed by atoms with Gasteiger partial charge in [0.25, 0.3) is 0 Å². The number of aromatic nitrogens is 2. The van der Waals surface area contributed by atoms with Crippen LogP contribution in [-0.2, 0) is 24.9 Å². The van der Waals surface area contributed by atoms with Crippen LogP contribution in [-0.4, -0.2) is 47.4 Å². The second-order valence-electron chi connectivity index (χ2n) is 7.61. The molecule has 0 saturated carbocycles. The Balaban J connectivity index is 1.35. The molecule has 1 aromatic heterocycles. The number of ether oxygens (including phenoxy) is 1. The summed E-state index contributed by atoms with van der Waals surface area (Å²) >= 11 is 0. The van der Waals surface area contributed by atoms with Crippen LogP contribution in [0.5, 0.6) is 0 Å². The van der Waals surface area contributed by atoms with Crippen molar-refractivity contribution in [1.29, 1.82) is 0 Å². The van der Waals surface area contributed by atoms with E-state index in [9.17, 15) is 18.0 Å². The summed E-state index contributed by atoms with van der Waals surface area (Å²) in [7, 11) is 1.76. The number of aryl methyl sites for hydroxylation is 1. The van der Waals surface area contributed by atoms with Crippen molar-refractivity contribution >= 4 is 23.3 Å². The highest BCUT2D eigenvalue weighted by molar-refractivity contribution is 5.95. The molecule has 4 heterocycles. The van der Waals surface area contributed by atoms with E-state index in [0.29, 0.717) is 18.1 Å². The molecule has 0 bridgehead atoms. The molecular formula is C20H19F3N6O2. The van der Waals surface area contributed by atoms with E-state index in [2.05, 4.69) is 15.4 Å². The van der Waals surface area contributed by atoms with E-state index in [1.165, 1.54) is 4.90 Å². The van der Waals surface area contributed by atoms with Crippen LogP contribution < -0.4 is 15.1 Å². The lowest BCUT2D eigenvalue weighted by atomic mass is 10.2. The number of fused-ring (bicyclic) bond motifs is 1. The zero-order chi connectivity index (χ0) is 21.7. The van der Waals surface area contributed by atoms with Gasteiger partial charge in [0.15, 0.2) is 17.5 Å². The van der Waals surface area contributed by atoms with Crippen molar-refractivity contribution in [2.45, 2.75) is 19.2 Å². The first-order chi connectivity index (χ1) is 14.9. The third-order valence-electron chi connectivity index (χ3n) is 5.44. The van der Waals surface area contributed by atoms with Gasteiger partial charge in [-0.05, 0) is 6.08 Å². The van der Waals surface area contributed by atoms with Crippen LogP contribution >= 0.6 is 0 Å². The number of nitrogens with one attached hydrogen (secondary N) is 1. The lowest BCUT2D eigenvalue weighted by molar-refractivity contribution is 0.143. The van der Waals surface area contributed by atoms with E-state index in [4.69, 9.17) is 4.74 Å². The van der Waals surface area contributed by atoms with Crippen LogP contribution in [0.25, 0.3) is 0 Å². The Morgan fingerprint density at radius 1 is 1.26 bits per heavy atom. The highest BCUT2D eigenvalue weighted by Gasteiger charge is 2.37. The second-order valence-corrected chi connectivity index (χ2v) is 7.61. The fourth-order valence-corrected chi connectivity index (χ4v) is 4.03. The molecule has 3 aliphatic rings. The molecule has 0 radical (unpaired) electrons. The number of nitrogens with zero attached hydrogens (tertiary/aromatic N) is 5. The predicted octanol–water partition coefficient (Wildman–Crippen LogP) is 2.24. The van der Waals surface area contributed by atoms with Crippen molar-refractivity contribution in [3.05, 3.63) is 53.1 Å². The third kappa shape index (κ3) is 3.39. The van der Waals surface area contributed by atoms with Crippen LogP contribution in [0.2, 0.25) is 0 Å². The van der Waals surface area contributed by atoms with Crippen molar-refractivity contribution in [2.75, 3.05) is 29.4 Å². The van der Waals surface area contributed by atoms with Crippen LogP contribution in [0.4, 0.5) is 29.3 Å². The van der Waals surface area contributed by atoms with Gasteiger partial charge in [-0.1, -0.05) is 6.08 Å². The fourth-order valence-electron chi connectivity index (χ4n) is 4.03. The van der Waals surface area contributed by atoms with Crippen molar-refractivity contribution in [1.82, 2.24) is 15.1 Å². The van der Waals surface area contributed by atoms with E-state index in [-0.39, 0.29) is 26.2 Å². The molecule has 2 aromatic rings. The number of carbonyl (C=O) groups is 1. The van der Waals surface area contributed by atoms with Crippen LogP contribution in [0, 0.1) is 17.5 Å². The molecule has 3 aliphatic heterocycles. The topological polar surface area (TPSA) is 75.0 Å². The molecular weight excluding hydrogens is 413 g/mol. The lowest BCUT2D eigenvalue weighted by Gasteiger charge is -2.22. The number of anilines is 2. The van der Waals surface area contributed by atoms with Crippen molar-refractivity contribution in [2.24, 2.45) is 12.0 Å². The summed E-state index contributed by atoms with van der Waals surface area (Å²) in [4.78, 5) is 18.7. The minimum Gasteiger partial charge on any atom is -0.442 e. The SMILES string of the molecule is Cn1cc2c(n1)CN(c1c(F)cc(N3C[C@H](CNC4=NCC=C4)OC3=O)c(F)c1F)C2. The van der Waals surface area contributed by atoms with E-state index >= 15 is 0 Å². The molecule has 1 saturated heterocycles. The molecule has 1 aromatic carbocycles. The number of hydrogen-bond acceptors (Lipinski definition) is 6. The number of halogens is 3. The molecule has 1 fully saturated rings. The standard InChI is InChI=1S/C20H19F3N6O2/c1-27-7-11-8-28(10-14(11)26-27)19-13(21)5-15(17(22)18(19)23)29-9-12(31-20(29)30)6-25-16-3-2-4-24-16/h2-3,5,7,12H,4,6,8-10H2,1H3,(H,24,25)/t12-/m0/s1. The maximum Gasteiger partial charge on any atom is 0.414 e. The summed E-state index contributed by atoms with van der Waals surface area (Å²) in [6.07, 6.45) is 3.95. The van der Waals surface area contributed by atoms with E-state index in [0.717, 1.165) is 16.5 Å². The number of amides is 1. The van der Waals surface area contributed by atoms with Crippen LogP contribution in [0.3, 0.4) is 0 Å². The average molecular weight is 432 g/mol. The predicted molar refractivity (Wildman–Crippen MR) is 106 cm³/mol. The number of benzene rings is 1. The third-order valence-corrected chi connectivity index (χ3v) is 5.44. The Kier molecular flexibility index (Phi) is 4.60. The van der Waals surface area contributed by atoms with Gasteiger partial charge >= 0.3 is 6.09 Å². The summed E-state index contributed by atoms with van der Waals surface area (Å²) in [6.45, 7) is 1.16. The first-order valence-electron chi connectivity index (χ1n) is 9.77. The molecule has 162 valence electrons.